The number of nitrogens with two attached hydrogens (primary N) is 1. The van der Waals surface area contributed by atoms with Crippen LogP contribution in [0.3, 0.4) is 0 Å². The number of aromatic nitrogens is 1. The molecule has 0 unspecified atom stereocenters. The molecule has 0 saturated carbocycles. The van der Waals surface area contributed by atoms with Crippen LogP contribution in [0.2, 0.25) is 0 Å². The molecule has 0 amide bonds. The average Bonchev–Trinajstić information content (AvgIpc) is 2.16. The van der Waals surface area contributed by atoms with E-state index in [0.29, 0.717) is 0 Å². The van der Waals surface area contributed by atoms with E-state index < -0.39 is 17.9 Å². The van der Waals surface area contributed by atoms with E-state index in [-0.39, 0.29) is 24.2 Å². The van der Waals surface area contributed by atoms with Crippen molar-refractivity contribution in [3.05, 3.63) is 28.8 Å². The fourth-order valence-electron chi connectivity index (χ4n) is 1.20. The quantitative estimate of drug-likeness (QED) is 0.780. The van der Waals surface area contributed by atoms with Crippen LogP contribution < -0.4 is 5.73 Å². The van der Waals surface area contributed by atoms with Gasteiger partial charge in [-0.25, -0.2) is 13.8 Å². The number of nitriles is 1. The summed E-state index contributed by atoms with van der Waals surface area (Å²) in [5.41, 5.74) is 4.50. The third-order valence-corrected chi connectivity index (χ3v) is 1.85. The van der Waals surface area contributed by atoms with Gasteiger partial charge in [-0.05, 0) is 11.6 Å². The Balaban J connectivity index is 3.30. The molecular weight excluding hydrogens is 207 g/mol. The van der Waals surface area contributed by atoms with Crippen molar-refractivity contribution in [3.8, 4) is 6.07 Å². The molecule has 2 N–H and O–H groups in total. The van der Waals surface area contributed by atoms with Gasteiger partial charge in [-0.3, -0.25) is 0 Å². The van der Waals surface area contributed by atoms with Crippen LogP contribution in [0.4, 0.5) is 13.2 Å². The Bertz CT molecular complexity index is 398. The first-order chi connectivity index (χ1) is 7.10. The molecule has 0 atom stereocenters. The molecule has 3 nitrogen and oxygen atoms in total. The first-order valence-electron chi connectivity index (χ1n) is 4.13. The number of pyridine rings is 1. The number of halogens is 3. The number of hydrogen-bond acceptors (Lipinski definition) is 3. The molecule has 6 heteroatoms. The van der Waals surface area contributed by atoms with Crippen LogP contribution in [0.5, 0.6) is 0 Å². The molecule has 0 fully saturated rings. The highest BCUT2D eigenvalue weighted by Crippen LogP contribution is 2.25. The van der Waals surface area contributed by atoms with E-state index in [9.17, 15) is 13.2 Å². The van der Waals surface area contributed by atoms with Crippen molar-refractivity contribution in [1.82, 2.24) is 4.98 Å². The summed E-state index contributed by atoms with van der Waals surface area (Å²) in [5.74, 6) is -1.25. The van der Waals surface area contributed by atoms with Gasteiger partial charge in [0.05, 0.1) is 23.7 Å². The van der Waals surface area contributed by atoms with E-state index in [1.54, 1.807) is 6.07 Å². The average molecular weight is 215 g/mol. The Hall–Kier alpha value is -1.61. The number of rotatable bonds is 3. The second-order valence-electron chi connectivity index (χ2n) is 2.82. The lowest BCUT2D eigenvalue weighted by Gasteiger charge is -2.08. The van der Waals surface area contributed by atoms with Gasteiger partial charge in [0.2, 0.25) is 5.95 Å². The molecule has 0 aromatic carbocycles. The Labute approximate surface area is 84.3 Å². The predicted molar refractivity (Wildman–Crippen MR) is 46.4 cm³/mol. The SMILES string of the molecule is N#CCc1cc(CN)nc(F)c1C(F)F. The lowest BCUT2D eigenvalue weighted by molar-refractivity contribution is 0.144. The molecule has 0 saturated heterocycles. The van der Waals surface area contributed by atoms with E-state index in [4.69, 9.17) is 11.0 Å². The van der Waals surface area contributed by atoms with Crippen molar-refractivity contribution in [2.45, 2.75) is 19.4 Å². The molecule has 1 rings (SSSR count). The summed E-state index contributed by atoms with van der Waals surface area (Å²) in [4.78, 5) is 3.27. The predicted octanol–water partition coefficient (Wildman–Crippen LogP) is 1.68. The summed E-state index contributed by atoms with van der Waals surface area (Å²) in [6, 6.07) is 2.92. The highest BCUT2D eigenvalue weighted by molar-refractivity contribution is 5.31. The maximum absolute atomic E-state index is 13.1. The van der Waals surface area contributed by atoms with Gasteiger partial charge < -0.3 is 5.73 Å². The van der Waals surface area contributed by atoms with Gasteiger partial charge in [0, 0.05) is 6.54 Å². The maximum atomic E-state index is 13.1. The van der Waals surface area contributed by atoms with Crippen LogP contribution in [-0.2, 0) is 13.0 Å². The zero-order valence-electron chi connectivity index (χ0n) is 7.67. The molecular formula is C9H8F3N3. The summed E-state index contributed by atoms with van der Waals surface area (Å²) < 4.78 is 38.0. The highest BCUT2D eigenvalue weighted by atomic mass is 19.3. The van der Waals surface area contributed by atoms with Crippen molar-refractivity contribution in [1.29, 1.82) is 5.26 Å². The zero-order valence-corrected chi connectivity index (χ0v) is 7.67. The number of nitrogens with zero attached hydrogens (tertiary/aromatic N) is 2. The Morgan fingerprint density at radius 3 is 2.67 bits per heavy atom. The van der Waals surface area contributed by atoms with Crippen LogP contribution in [0, 0.1) is 17.3 Å². The van der Waals surface area contributed by atoms with Gasteiger partial charge in [-0.15, -0.1) is 0 Å². The van der Waals surface area contributed by atoms with Gasteiger partial charge in [0.15, 0.2) is 0 Å². The normalized spacial score (nSPS) is 10.4. The summed E-state index contributed by atoms with van der Waals surface area (Å²) >= 11 is 0. The van der Waals surface area contributed by atoms with E-state index >= 15 is 0 Å². The van der Waals surface area contributed by atoms with E-state index in [1.165, 1.54) is 6.07 Å². The minimum atomic E-state index is -2.98. The molecule has 1 aromatic rings. The molecule has 0 aliphatic heterocycles. The molecule has 0 bridgehead atoms. The monoisotopic (exact) mass is 215 g/mol. The van der Waals surface area contributed by atoms with E-state index in [1.807, 2.05) is 0 Å². The van der Waals surface area contributed by atoms with Crippen LogP contribution in [0.25, 0.3) is 0 Å². The summed E-state index contributed by atoms with van der Waals surface area (Å²) in [6.07, 6.45) is -3.26. The Morgan fingerprint density at radius 2 is 2.20 bits per heavy atom. The van der Waals surface area contributed by atoms with Crippen LogP contribution in [0.1, 0.15) is 23.2 Å². The minimum Gasteiger partial charge on any atom is -0.325 e. The van der Waals surface area contributed by atoms with E-state index in [2.05, 4.69) is 4.98 Å². The van der Waals surface area contributed by atoms with Crippen molar-refractivity contribution in [2.24, 2.45) is 5.73 Å². The molecule has 0 aliphatic carbocycles. The lowest BCUT2D eigenvalue weighted by Crippen LogP contribution is -2.08. The highest BCUT2D eigenvalue weighted by Gasteiger charge is 2.20. The topological polar surface area (TPSA) is 62.7 Å². The Morgan fingerprint density at radius 1 is 1.53 bits per heavy atom. The molecule has 1 aromatic heterocycles. The summed E-state index contributed by atoms with van der Waals surface area (Å²) in [6.45, 7) is -0.0567. The van der Waals surface area contributed by atoms with Gasteiger partial charge in [0.1, 0.15) is 0 Å². The second-order valence-corrected chi connectivity index (χ2v) is 2.82. The van der Waals surface area contributed by atoms with Gasteiger partial charge >= 0.3 is 0 Å². The van der Waals surface area contributed by atoms with Crippen LogP contribution >= 0.6 is 0 Å². The van der Waals surface area contributed by atoms with E-state index in [0.717, 1.165) is 0 Å². The van der Waals surface area contributed by atoms with Gasteiger partial charge in [-0.1, -0.05) is 0 Å². The number of alkyl halides is 2. The fraction of sp³-hybridized carbons (Fsp3) is 0.333. The molecule has 0 radical (unpaired) electrons. The van der Waals surface area contributed by atoms with Crippen LogP contribution in [0.15, 0.2) is 6.07 Å². The fourth-order valence-corrected chi connectivity index (χ4v) is 1.20. The number of hydrogen-bond donors (Lipinski definition) is 1. The van der Waals surface area contributed by atoms with Gasteiger partial charge in [0.25, 0.3) is 6.43 Å². The first-order valence-corrected chi connectivity index (χ1v) is 4.13. The minimum absolute atomic E-state index is 0.0551. The maximum Gasteiger partial charge on any atom is 0.268 e. The smallest absolute Gasteiger partial charge is 0.268 e. The second kappa shape index (κ2) is 4.75. The standard InChI is InChI=1S/C9H8F3N3/c10-8(11)7-5(1-2-13)3-6(4-14)15-9(7)12/h3,8H,1,4,14H2. The Kier molecular flexibility index (Phi) is 3.63. The van der Waals surface area contributed by atoms with Crippen molar-refractivity contribution in [2.75, 3.05) is 0 Å². The third kappa shape index (κ3) is 2.44. The summed E-state index contributed by atoms with van der Waals surface area (Å²) in [7, 11) is 0. The lowest BCUT2D eigenvalue weighted by atomic mass is 10.1. The molecule has 0 aliphatic rings. The van der Waals surface area contributed by atoms with Crippen molar-refractivity contribution >= 4 is 0 Å². The first kappa shape index (κ1) is 11.5. The van der Waals surface area contributed by atoms with Crippen molar-refractivity contribution < 1.29 is 13.2 Å². The largest absolute Gasteiger partial charge is 0.325 e. The van der Waals surface area contributed by atoms with Gasteiger partial charge in [-0.2, -0.15) is 9.65 Å². The molecule has 0 spiro atoms. The van der Waals surface area contributed by atoms with Crippen molar-refractivity contribution in [3.63, 3.8) is 0 Å². The summed E-state index contributed by atoms with van der Waals surface area (Å²) in [5, 5.41) is 8.41. The molecule has 15 heavy (non-hydrogen) atoms. The zero-order chi connectivity index (χ0) is 11.4. The molecule has 80 valence electrons. The third-order valence-electron chi connectivity index (χ3n) is 1.85. The molecule has 1 heterocycles. The van der Waals surface area contributed by atoms with Crippen LogP contribution in [-0.4, -0.2) is 4.98 Å².